The molecule has 6 nitrogen and oxygen atoms in total. The van der Waals surface area contributed by atoms with Crippen LogP contribution < -0.4 is 0 Å². The predicted molar refractivity (Wildman–Crippen MR) is 266 cm³/mol. The van der Waals surface area contributed by atoms with Gasteiger partial charge in [0.15, 0.2) is 6.10 Å². The molecule has 366 valence electrons. The Balaban J connectivity index is 4.32. The minimum atomic E-state index is -0.769. The number of carbonyl (C=O) groups is 3. The standard InChI is InChI=1S/C56H106O6/c1-4-7-10-13-16-19-22-25-27-29-31-34-37-40-43-46-49-55(58)61-52-53(51-60-54(57)48-45-42-39-36-33-30-24-21-18-15-12-9-6-3)62-56(59)50-47-44-41-38-35-32-28-26-23-20-17-14-11-8-5-2/h30,33,53H,4-29,31-32,34-52H2,1-3H3/b33-30-. The fourth-order valence-corrected chi connectivity index (χ4v) is 8.32. The maximum atomic E-state index is 12.8. The molecule has 0 fully saturated rings. The van der Waals surface area contributed by atoms with Crippen LogP contribution in [0.3, 0.4) is 0 Å². The Labute approximate surface area is 386 Å². The van der Waals surface area contributed by atoms with Gasteiger partial charge in [0.25, 0.3) is 0 Å². The van der Waals surface area contributed by atoms with E-state index in [-0.39, 0.29) is 31.1 Å². The van der Waals surface area contributed by atoms with E-state index in [9.17, 15) is 14.4 Å². The van der Waals surface area contributed by atoms with Crippen LogP contribution in [0.4, 0.5) is 0 Å². The van der Waals surface area contributed by atoms with E-state index in [4.69, 9.17) is 14.2 Å². The van der Waals surface area contributed by atoms with Gasteiger partial charge in [-0.25, -0.2) is 0 Å². The fraction of sp³-hybridized carbons (Fsp3) is 0.911. The minimum Gasteiger partial charge on any atom is -0.462 e. The quantitative estimate of drug-likeness (QED) is 0.0262. The van der Waals surface area contributed by atoms with Crippen molar-refractivity contribution in [3.05, 3.63) is 12.2 Å². The molecule has 0 aliphatic heterocycles. The molecule has 0 saturated heterocycles. The average Bonchev–Trinajstić information content (AvgIpc) is 3.27. The molecule has 0 aromatic carbocycles. The third-order valence-corrected chi connectivity index (χ3v) is 12.5. The van der Waals surface area contributed by atoms with Gasteiger partial charge in [-0.05, 0) is 44.9 Å². The molecule has 62 heavy (non-hydrogen) atoms. The van der Waals surface area contributed by atoms with Crippen molar-refractivity contribution < 1.29 is 28.6 Å². The maximum Gasteiger partial charge on any atom is 0.306 e. The molecule has 1 unspecified atom stereocenters. The largest absolute Gasteiger partial charge is 0.462 e. The molecule has 0 aliphatic carbocycles. The molecule has 0 saturated carbocycles. The van der Waals surface area contributed by atoms with Gasteiger partial charge < -0.3 is 14.2 Å². The summed E-state index contributed by atoms with van der Waals surface area (Å²) in [5.74, 6) is -0.864. The number of carbonyl (C=O) groups excluding carboxylic acids is 3. The second kappa shape index (κ2) is 51.8. The highest BCUT2D eigenvalue weighted by molar-refractivity contribution is 5.71. The number of ether oxygens (including phenoxy) is 3. The molecule has 0 heterocycles. The lowest BCUT2D eigenvalue weighted by Gasteiger charge is -2.18. The van der Waals surface area contributed by atoms with Crippen LogP contribution in [0.2, 0.25) is 0 Å². The van der Waals surface area contributed by atoms with E-state index >= 15 is 0 Å². The van der Waals surface area contributed by atoms with Crippen molar-refractivity contribution in [3.8, 4) is 0 Å². The Morgan fingerprint density at radius 1 is 0.306 bits per heavy atom. The Bertz CT molecular complexity index is 962. The second-order valence-corrected chi connectivity index (χ2v) is 18.9. The zero-order valence-electron chi connectivity index (χ0n) is 41.9. The minimum absolute atomic E-state index is 0.0688. The summed E-state index contributed by atoms with van der Waals surface area (Å²) in [6.07, 6.45) is 57.7. The highest BCUT2D eigenvalue weighted by Gasteiger charge is 2.19. The van der Waals surface area contributed by atoms with Gasteiger partial charge in [0.05, 0.1) is 0 Å². The lowest BCUT2D eigenvalue weighted by atomic mass is 10.0. The summed E-state index contributed by atoms with van der Waals surface area (Å²) in [6.45, 7) is 6.67. The van der Waals surface area contributed by atoms with Crippen molar-refractivity contribution in [1.82, 2.24) is 0 Å². The summed E-state index contributed by atoms with van der Waals surface area (Å²) in [7, 11) is 0. The van der Waals surface area contributed by atoms with Crippen molar-refractivity contribution in [2.45, 2.75) is 316 Å². The zero-order chi connectivity index (χ0) is 45.1. The Hall–Kier alpha value is -1.85. The summed E-state index contributed by atoms with van der Waals surface area (Å²) in [4.78, 5) is 38.0. The number of hydrogen-bond acceptors (Lipinski definition) is 6. The van der Waals surface area contributed by atoms with Crippen molar-refractivity contribution >= 4 is 17.9 Å². The first-order valence-electron chi connectivity index (χ1n) is 27.7. The van der Waals surface area contributed by atoms with E-state index in [0.29, 0.717) is 19.3 Å². The molecule has 6 heteroatoms. The molecular weight excluding hydrogens is 769 g/mol. The Morgan fingerprint density at radius 2 is 0.532 bits per heavy atom. The number of esters is 3. The number of allylic oxidation sites excluding steroid dienone is 2. The van der Waals surface area contributed by atoms with Crippen molar-refractivity contribution in [3.63, 3.8) is 0 Å². The van der Waals surface area contributed by atoms with E-state index in [2.05, 4.69) is 32.9 Å². The van der Waals surface area contributed by atoms with Gasteiger partial charge in [0, 0.05) is 19.3 Å². The van der Waals surface area contributed by atoms with E-state index in [0.717, 1.165) is 64.2 Å². The summed E-state index contributed by atoms with van der Waals surface area (Å²) in [5.41, 5.74) is 0. The summed E-state index contributed by atoms with van der Waals surface area (Å²) in [5, 5.41) is 0. The van der Waals surface area contributed by atoms with E-state index in [1.54, 1.807) is 0 Å². The van der Waals surface area contributed by atoms with Crippen LogP contribution in [0.25, 0.3) is 0 Å². The number of unbranched alkanes of at least 4 members (excludes halogenated alkanes) is 38. The molecule has 0 spiro atoms. The lowest BCUT2D eigenvalue weighted by molar-refractivity contribution is -0.167. The van der Waals surface area contributed by atoms with Crippen LogP contribution in [0.5, 0.6) is 0 Å². The molecule has 0 aliphatic rings. The van der Waals surface area contributed by atoms with Gasteiger partial charge in [-0.1, -0.05) is 258 Å². The monoisotopic (exact) mass is 875 g/mol. The van der Waals surface area contributed by atoms with Crippen LogP contribution in [-0.2, 0) is 28.6 Å². The third kappa shape index (κ3) is 49.2. The van der Waals surface area contributed by atoms with Crippen LogP contribution >= 0.6 is 0 Å². The van der Waals surface area contributed by atoms with E-state index in [1.165, 1.54) is 205 Å². The van der Waals surface area contributed by atoms with Gasteiger partial charge in [0.1, 0.15) is 13.2 Å². The molecule has 1 atom stereocenters. The smallest absolute Gasteiger partial charge is 0.306 e. The third-order valence-electron chi connectivity index (χ3n) is 12.5. The molecular formula is C56H106O6. The molecule has 0 N–H and O–H groups in total. The van der Waals surface area contributed by atoms with E-state index < -0.39 is 6.10 Å². The van der Waals surface area contributed by atoms with Crippen molar-refractivity contribution in [2.24, 2.45) is 0 Å². The lowest BCUT2D eigenvalue weighted by Crippen LogP contribution is -2.30. The van der Waals surface area contributed by atoms with Crippen LogP contribution in [0.1, 0.15) is 310 Å². The molecule has 0 amide bonds. The maximum absolute atomic E-state index is 12.8. The Kier molecular flexibility index (Phi) is 50.2. The van der Waals surface area contributed by atoms with Crippen LogP contribution in [0.15, 0.2) is 12.2 Å². The second-order valence-electron chi connectivity index (χ2n) is 18.9. The number of rotatable bonds is 51. The van der Waals surface area contributed by atoms with Gasteiger partial charge in [-0.15, -0.1) is 0 Å². The first-order chi connectivity index (χ1) is 30.5. The highest BCUT2D eigenvalue weighted by Crippen LogP contribution is 2.17. The predicted octanol–water partition coefficient (Wildman–Crippen LogP) is 18.2. The topological polar surface area (TPSA) is 78.9 Å². The Morgan fingerprint density at radius 3 is 0.823 bits per heavy atom. The normalized spacial score (nSPS) is 12.0. The van der Waals surface area contributed by atoms with Gasteiger partial charge in [-0.2, -0.15) is 0 Å². The van der Waals surface area contributed by atoms with E-state index in [1.807, 2.05) is 0 Å². The first-order valence-corrected chi connectivity index (χ1v) is 27.7. The molecule has 0 bridgehead atoms. The zero-order valence-corrected chi connectivity index (χ0v) is 41.9. The van der Waals surface area contributed by atoms with Gasteiger partial charge in [0.2, 0.25) is 0 Å². The molecule has 0 rings (SSSR count). The van der Waals surface area contributed by atoms with Crippen LogP contribution in [0, 0.1) is 0 Å². The highest BCUT2D eigenvalue weighted by atomic mass is 16.6. The average molecular weight is 875 g/mol. The fourth-order valence-electron chi connectivity index (χ4n) is 8.32. The summed E-state index contributed by atoms with van der Waals surface area (Å²) in [6, 6.07) is 0. The van der Waals surface area contributed by atoms with Crippen molar-refractivity contribution in [2.75, 3.05) is 13.2 Å². The molecule has 0 aromatic rings. The summed E-state index contributed by atoms with van der Waals surface area (Å²) < 4.78 is 16.8. The SMILES string of the molecule is CCCCCCCC/C=C\CCCCCC(=O)OCC(COC(=O)CCCCCCCCCCCCCCCCCC)OC(=O)CCCCCCCCCCCCCCCCC. The van der Waals surface area contributed by atoms with Crippen molar-refractivity contribution in [1.29, 1.82) is 0 Å². The molecule has 0 radical (unpaired) electrons. The first kappa shape index (κ1) is 60.2. The van der Waals surface area contributed by atoms with Gasteiger partial charge in [-0.3, -0.25) is 14.4 Å². The molecule has 0 aromatic heterocycles. The van der Waals surface area contributed by atoms with Gasteiger partial charge >= 0.3 is 17.9 Å². The van der Waals surface area contributed by atoms with Crippen LogP contribution in [-0.4, -0.2) is 37.2 Å². The summed E-state index contributed by atoms with van der Waals surface area (Å²) >= 11 is 0. The number of hydrogen-bond donors (Lipinski definition) is 0.